The van der Waals surface area contributed by atoms with Crippen LogP contribution in [0.15, 0.2) is 54.1 Å². The average molecular weight is 306 g/mol. The maximum Gasteiger partial charge on any atom is 0.160 e. The van der Waals surface area contributed by atoms with E-state index in [2.05, 4.69) is 12.2 Å². The van der Waals surface area contributed by atoms with Gasteiger partial charge >= 0.3 is 0 Å². The van der Waals surface area contributed by atoms with Crippen LogP contribution in [-0.4, -0.2) is 5.78 Å². The van der Waals surface area contributed by atoms with Crippen LogP contribution in [0, 0.1) is 19.7 Å². The van der Waals surface area contributed by atoms with Crippen LogP contribution in [0.4, 0.5) is 4.39 Å². The largest absolute Gasteiger partial charge is 0.294 e. The first-order chi connectivity index (χ1) is 11.0. The Labute approximate surface area is 136 Å². The third-order valence-electron chi connectivity index (χ3n) is 4.16. The Morgan fingerprint density at radius 2 is 1.74 bits per heavy atom. The topological polar surface area (TPSA) is 17.1 Å². The van der Waals surface area contributed by atoms with Gasteiger partial charge in [-0.25, -0.2) is 4.39 Å². The molecule has 1 aliphatic rings. The Balaban J connectivity index is 2.03. The lowest BCUT2D eigenvalue weighted by Gasteiger charge is -2.13. The Bertz CT molecular complexity index is 848. The molecule has 0 unspecified atom stereocenters. The minimum absolute atomic E-state index is 0.0673. The van der Waals surface area contributed by atoms with Crippen molar-refractivity contribution in [2.24, 2.45) is 0 Å². The van der Waals surface area contributed by atoms with Crippen molar-refractivity contribution in [3.8, 4) is 0 Å². The molecule has 0 saturated heterocycles. The first-order valence-corrected chi connectivity index (χ1v) is 7.74. The average Bonchev–Trinajstić information content (AvgIpc) is 3.33. The molecule has 0 bridgehead atoms. The Kier molecular flexibility index (Phi) is 3.99. The zero-order chi connectivity index (χ0) is 16.6. The summed E-state index contributed by atoms with van der Waals surface area (Å²) in [7, 11) is 0. The van der Waals surface area contributed by atoms with E-state index in [0.29, 0.717) is 12.0 Å². The van der Waals surface area contributed by atoms with Crippen LogP contribution in [-0.2, 0) is 6.42 Å². The smallest absolute Gasteiger partial charge is 0.160 e. The third kappa shape index (κ3) is 3.31. The van der Waals surface area contributed by atoms with Crippen molar-refractivity contribution >= 4 is 11.4 Å². The van der Waals surface area contributed by atoms with Crippen LogP contribution in [0.3, 0.4) is 0 Å². The molecule has 0 amide bonds. The molecule has 23 heavy (non-hydrogen) atoms. The first-order valence-electron chi connectivity index (χ1n) is 7.74. The summed E-state index contributed by atoms with van der Waals surface area (Å²) >= 11 is 0. The van der Waals surface area contributed by atoms with Crippen molar-refractivity contribution in [2.45, 2.75) is 27.2 Å². The highest BCUT2D eigenvalue weighted by Crippen LogP contribution is 2.33. The predicted octanol–water partition coefficient (Wildman–Crippen LogP) is 5.21. The first kappa shape index (κ1) is 15.4. The van der Waals surface area contributed by atoms with Gasteiger partial charge in [-0.15, -0.1) is 0 Å². The van der Waals surface area contributed by atoms with Gasteiger partial charge < -0.3 is 0 Å². The molecule has 116 valence electrons. The molecule has 0 spiro atoms. The van der Waals surface area contributed by atoms with E-state index in [1.807, 2.05) is 37.3 Å². The summed E-state index contributed by atoms with van der Waals surface area (Å²) in [6.07, 6.45) is 4.79. The highest BCUT2D eigenvalue weighted by Gasteiger charge is 2.18. The van der Waals surface area contributed by atoms with E-state index >= 15 is 0 Å². The van der Waals surface area contributed by atoms with Crippen molar-refractivity contribution in [2.75, 3.05) is 0 Å². The zero-order valence-electron chi connectivity index (χ0n) is 13.6. The fourth-order valence-electron chi connectivity index (χ4n) is 2.83. The van der Waals surface area contributed by atoms with Crippen molar-refractivity contribution < 1.29 is 9.18 Å². The summed E-state index contributed by atoms with van der Waals surface area (Å²) in [5.74, 6) is -0.120. The Morgan fingerprint density at radius 3 is 2.35 bits per heavy atom. The lowest BCUT2D eigenvalue weighted by atomic mass is 9.90. The molecule has 0 N–H and O–H groups in total. The minimum atomic E-state index is -0.188. The molecular formula is C21H19FO. The number of aryl methyl sites for hydroxylation is 2. The van der Waals surface area contributed by atoms with E-state index in [9.17, 15) is 9.18 Å². The van der Waals surface area contributed by atoms with Gasteiger partial charge in [0.25, 0.3) is 0 Å². The van der Waals surface area contributed by atoms with Crippen LogP contribution in [0.25, 0.3) is 5.57 Å². The molecule has 3 rings (SSSR count). The maximum atomic E-state index is 13.5. The number of hydrogen-bond donors (Lipinski definition) is 0. The number of allylic oxidation sites excluding steroid dienone is 4. The lowest BCUT2D eigenvalue weighted by Crippen LogP contribution is -2.02. The Morgan fingerprint density at radius 1 is 1.00 bits per heavy atom. The van der Waals surface area contributed by atoms with Crippen molar-refractivity contribution in [3.63, 3.8) is 0 Å². The number of carbonyl (C=O) groups excluding carboxylic acids is 1. The highest BCUT2D eigenvalue weighted by atomic mass is 19.1. The molecule has 0 aliphatic heterocycles. The van der Waals surface area contributed by atoms with Gasteiger partial charge in [-0.05, 0) is 67.2 Å². The quantitative estimate of drug-likeness (QED) is 0.709. The number of carbonyl (C=O) groups is 1. The van der Waals surface area contributed by atoms with Crippen LogP contribution in [0.2, 0.25) is 0 Å². The highest BCUT2D eigenvalue weighted by molar-refractivity contribution is 6.00. The van der Waals surface area contributed by atoms with Gasteiger partial charge in [0.2, 0.25) is 0 Å². The molecule has 0 heterocycles. The molecule has 2 aromatic rings. The molecule has 2 aromatic carbocycles. The second-order valence-electron chi connectivity index (χ2n) is 6.13. The van der Waals surface area contributed by atoms with Crippen LogP contribution in [0.1, 0.15) is 39.5 Å². The predicted molar refractivity (Wildman–Crippen MR) is 92.1 cm³/mol. The number of benzene rings is 2. The van der Waals surface area contributed by atoms with Gasteiger partial charge in [0.1, 0.15) is 5.82 Å². The summed E-state index contributed by atoms with van der Waals surface area (Å²) in [4.78, 5) is 12.0. The van der Waals surface area contributed by atoms with E-state index < -0.39 is 0 Å². The van der Waals surface area contributed by atoms with Gasteiger partial charge in [-0.2, -0.15) is 0 Å². The molecule has 1 aliphatic carbocycles. The van der Waals surface area contributed by atoms with Crippen molar-refractivity contribution in [1.29, 1.82) is 0 Å². The summed E-state index contributed by atoms with van der Waals surface area (Å²) < 4.78 is 13.5. The fraction of sp³-hybridized carbons (Fsp3) is 0.190. The molecule has 0 radical (unpaired) electrons. The van der Waals surface area contributed by atoms with Gasteiger partial charge in [0.15, 0.2) is 5.78 Å². The molecule has 0 saturated carbocycles. The molecule has 0 fully saturated rings. The van der Waals surface area contributed by atoms with Gasteiger partial charge in [0, 0.05) is 5.56 Å². The monoisotopic (exact) mass is 306 g/mol. The summed E-state index contributed by atoms with van der Waals surface area (Å²) in [6, 6.07) is 11.2. The zero-order valence-corrected chi connectivity index (χ0v) is 13.6. The summed E-state index contributed by atoms with van der Waals surface area (Å²) in [6.45, 7) is 5.36. The second kappa shape index (κ2) is 5.96. The van der Waals surface area contributed by atoms with Crippen LogP contribution in [0.5, 0.6) is 0 Å². The standard InChI is InChI=1S/C21H19FO/c1-13-4-8-18(19(10-13)15(3)23)20(17-6-7-17)12-16-5-9-21(22)14(2)11-16/h4-11H,12H2,1-3H3. The van der Waals surface area contributed by atoms with Crippen LogP contribution >= 0.6 is 0 Å². The molecular weight excluding hydrogens is 287 g/mol. The van der Waals surface area contributed by atoms with E-state index in [-0.39, 0.29) is 11.6 Å². The number of Topliss-reactive ketones (excluding diaryl/α,β-unsaturated/α-hetero) is 1. The summed E-state index contributed by atoms with van der Waals surface area (Å²) in [5.41, 5.74) is 6.79. The number of rotatable bonds is 4. The molecule has 0 aromatic heterocycles. The van der Waals surface area contributed by atoms with Crippen molar-refractivity contribution in [3.05, 3.63) is 87.8 Å². The lowest BCUT2D eigenvalue weighted by molar-refractivity contribution is 0.101. The SMILES string of the molecule is CC(=O)c1cc(C)ccc1C(Cc1ccc(F)c(C)c1)=C1C=C1. The fourth-order valence-corrected chi connectivity index (χ4v) is 2.83. The van der Waals surface area contributed by atoms with E-state index in [1.165, 1.54) is 11.6 Å². The Hall–Kier alpha value is -2.48. The minimum Gasteiger partial charge on any atom is -0.294 e. The number of hydrogen-bond acceptors (Lipinski definition) is 1. The van der Waals surface area contributed by atoms with E-state index in [0.717, 1.165) is 27.8 Å². The van der Waals surface area contributed by atoms with Gasteiger partial charge in [-0.3, -0.25) is 4.79 Å². The normalized spacial score (nSPS) is 12.4. The number of ketones is 1. The van der Waals surface area contributed by atoms with Gasteiger partial charge in [0.05, 0.1) is 0 Å². The third-order valence-corrected chi connectivity index (χ3v) is 4.16. The maximum absolute atomic E-state index is 13.5. The van der Waals surface area contributed by atoms with Crippen molar-refractivity contribution in [1.82, 2.24) is 0 Å². The summed E-state index contributed by atoms with van der Waals surface area (Å²) in [5, 5.41) is 0. The molecule has 1 nitrogen and oxygen atoms in total. The molecule has 2 heteroatoms. The van der Waals surface area contributed by atoms with E-state index in [1.54, 1.807) is 13.8 Å². The van der Waals surface area contributed by atoms with Gasteiger partial charge in [-0.1, -0.05) is 42.0 Å². The number of halogens is 1. The second-order valence-corrected chi connectivity index (χ2v) is 6.13. The molecule has 0 atom stereocenters. The van der Waals surface area contributed by atoms with E-state index in [4.69, 9.17) is 0 Å². The van der Waals surface area contributed by atoms with Crippen LogP contribution < -0.4 is 0 Å².